The van der Waals surface area contributed by atoms with Gasteiger partial charge in [-0.15, -0.1) is 0 Å². The topological polar surface area (TPSA) is 39.6 Å². The summed E-state index contributed by atoms with van der Waals surface area (Å²) in [5.74, 6) is 1.22. The van der Waals surface area contributed by atoms with Gasteiger partial charge in [-0.25, -0.2) is 4.98 Å². The van der Waals surface area contributed by atoms with Crippen LogP contribution in [0.4, 0.5) is 5.82 Å². The number of benzene rings is 3. The predicted molar refractivity (Wildman–Crippen MR) is 138 cm³/mol. The highest BCUT2D eigenvalue weighted by molar-refractivity contribution is 5.75. The average Bonchev–Trinajstić information content (AvgIpc) is 2.82. The number of hydrogen-bond donors (Lipinski definition) is 1. The van der Waals surface area contributed by atoms with Crippen LogP contribution in [-0.2, 0) is 6.54 Å². The Balaban J connectivity index is 1.82. The number of aromatic hydroxyl groups is 1. The van der Waals surface area contributed by atoms with Crippen molar-refractivity contribution in [2.75, 3.05) is 32.1 Å². The molecule has 4 rings (SSSR count). The summed E-state index contributed by atoms with van der Waals surface area (Å²) < 4.78 is 0. The molecule has 1 heterocycles. The van der Waals surface area contributed by atoms with Crippen molar-refractivity contribution in [1.29, 1.82) is 0 Å². The summed E-state index contributed by atoms with van der Waals surface area (Å²) in [5, 5.41) is 9.91. The van der Waals surface area contributed by atoms with Crippen LogP contribution in [0.1, 0.15) is 11.1 Å². The van der Waals surface area contributed by atoms with E-state index in [9.17, 15) is 5.11 Å². The number of aromatic nitrogens is 1. The van der Waals surface area contributed by atoms with E-state index in [0.29, 0.717) is 0 Å². The van der Waals surface area contributed by atoms with Gasteiger partial charge in [0.25, 0.3) is 0 Å². The molecule has 0 bridgehead atoms. The first-order valence-corrected chi connectivity index (χ1v) is 11.3. The van der Waals surface area contributed by atoms with E-state index >= 15 is 0 Å². The first-order chi connectivity index (χ1) is 16.0. The van der Waals surface area contributed by atoms with Crippen LogP contribution >= 0.6 is 0 Å². The van der Waals surface area contributed by atoms with Gasteiger partial charge in [-0.3, -0.25) is 0 Å². The highest BCUT2D eigenvalue weighted by Gasteiger charge is 2.15. The first kappa shape index (κ1) is 22.6. The Bertz CT molecular complexity index is 1190. The van der Waals surface area contributed by atoms with Gasteiger partial charge in [-0.05, 0) is 73.6 Å². The molecular formula is C29H31N3O. The number of phenolic OH excluding ortho intramolecular Hbond substituents is 1. The SMILES string of the molecule is Cc1cc(O)ccc1-c1cc(-c2ccccc2)cc(N(CCN(C)C)Cc2ccccc2)n1. The summed E-state index contributed by atoms with van der Waals surface area (Å²) in [4.78, 5) is 9.67. The lowest BCUT2D eigenvalue weighted by Crippen LogP contribution is -2.32. The van der Waals surface area contributed by atoms with Crippen molar-refractivity contribution in [3.8, 4) is 28.1 Å². The maximum atomic E-state index is 9.91. The van der Waals surface area contributed by atoms with Crippen LogP contribution in [0.3, 0.4) is 0 Å². The largest absolute Gasteiger partial charge is 0.508 e. The van der Waals surface area contributed by atoms with Crippen molar-refractivity contribution < 1.29 is 5.11 Å². The van der Waals surface area contributed by atoms with E-state index in [0.717, 1.165) is 53.4 Å². The van der Waals surface area contributed by atoms with Crippen molar-refractivity contribution in [1.82, 2.24) is 9.88 Å². The zero-order chi connectivity index (χ0) is 23.2. The molecule has 0 amide bonds. The van der Waals surface area contributed by atoms with E-state index in [1.165, 1.54) is 5.56 Å². The lowest BCUT2D eigenvalue weighted by Gasteiger charge is -2.27. The van der Waals surface area contributed by atoms with Crippen molar-refractivity contribution >= 4 is 5.82 Å². The third-order valence-corrected chi connectivity index (χ3v) is 5.76. The zero-order valence-electron chi connectivity index (χ0n) is 19.6. The molecule has 1 aromatic heterocycles. The lowest BCUT2D eigenvalue weighted by atomic mass is 10.00. The van der Waals surface area contributed by atoms with Gasteiger partial charge in [0.2, 0.25) is 0 Å². The minimum atomic E-state index is 0.271. The monoisotopic (exact) mass is 437 g/mol. The number of anilines is 1. The number of rotatable bonds is 8. The molecule has 33 heavy (non-hydrogen) atoms. The molecule has 0 saturated carbocycles. The minimum absolute atomic E-state index is 0.271. The van der Waals surface area contributed by atoms with Gasteiger partial charge >= 0.3 is 0 Å². The molecule has 3 aromatic carbocycles. The molecule has 0 unspecified atom stereocenters. The molecule has 4 heteroatoms. The fraction of sp³-hybridized carbons (Fsp3) is 0.207. The fourth-order valence-electron chi connectivity index (χ4n) is 3.95. The molecule has 0 aliphatic rings. The summed E-state index contributed by atoms with van der Waals surface area (Å²) >= 11 is 0. The van der Waals surface area contributed by atoms with Gasteiger partial charge in [-0.1, -0.05) is 60.7 Å². The molecule has 4 nitrogen and oxygen atoms in total. The Morgan fingerprint density at radius 3 is 2.12 bits per heavy atom. The number of hydrogen-bond acceptors (Lipinski definition) is 4. The molecule has 0 aliphatic heterocycles. The van der Waals surface area contributed by atoms with Gasteiger partial charge in [0.05, 0.1) is 5.69 Å². The van der Waals surface area contributed by atoms with E-state index in [-0.39, 0.29) is 5.75 Å². The minimum Gasteiger partial charge on any atom is -0.508 e. The quantitative estimate of drug-likeness (QED) is 0.367. The average molecular weight is 438 g/mol. The van der Waals surface area contributed by atoms with E-state index in [4.69, 9.17) is 4.98 Å². The Morgan fingerprint density at radius 1 is 0.758 bits per heavy atom. The smallest absolute Gasteiger partial charge is 0.130 e. The van der Waals surface area contributed by atoms with Crippen LogP contribution in [0, 0.1) is 6.92 Å². The van der Waals surface area contributed by atoms with Crippen molar-refractivity contribution in [2.45, 2.75) is 13.5 Å². The number of likely N-dealkylation sites (N-methyl/N-ethyl adjacent to an activating group) is 1. The Kier molecular flexibility index (Phi) is 7.06. The predicted octanol–water partition coefficient (Wildman–Crippen LogP) is 6.00. The van der Waals surface area contributed by atoms with Gasteiger partial charge in [0.1, 0.15) is 11.6 Å². The zero-order valence-corrected chi connectivity index (χ0v) is 19.6. The van der Waals surface area contributed by atoms with Gasteiger partial charge < -0.3 is 14.9 Å². The summed E-state index contributed by atoms with van der Waals surface area (Å²) in [7, 11) is 4.19. The Labute approximate surface area is 196 Å². The standard InChI is InChI=1S/C29H31N3O/c1-22-18-26(33)14-15-27(22)28-19-25(24-12-8-5-9-13-24)20-29(30-28)32(17-16-31(2)3)21-23-10-6-4-7-11-23/h4-15,18-20,33H,16-17,21H2,1-3H3. The van der Waals surface area contributed by atoms with Crippen molar-refractivity contribution in [2.24, 2.45) is 0 Å². The van der Waals surface area contributed by atoms with Crippen molar-refractivity contribution in [3.05, 3.63) is 102 Å². The van der Waals surface area contributed by atoms with Crippen LogP contribution in [0.25, 0.3) is 22.4 Å². The second-order valence-corrected chi connectivity index (χ2v) is 8.67. The molecule has 0 radical (unpaired) electrons. The molecule has 0 atom stereocenters. The number of nitrogens with zero attached hydrogens (tertiary/aromatic N) is 3. The first-order valence-electron chi connectivity index (χ1n) is 11.3. The van der Waals surface area contributed by atoms with E-state index in [2.05, 4.69) is 84.6 Å². The van der Waals surface area contributed by atoms with E-state index in [1.807, 2.05) is 25.1 Å². The highest BCUT2D eigenvalue weighted by atomic mass is 16.3. The van der Waals surface area contributed by atoms with Gasteiger partial charge in [0.15, 0.2) is 0 Å². The number of phenols is 1. The van der Waals surface area contributed by atoms with E-state index in [1.54, 1.807) is 12.1 Å². The second kappa shape index (κ2) is 10.3. The van der Waals surface area contributed by atoms with Crippen LogP contribution in [0.15, 0.2) is 91.0 Å². The lowest BCUT2D eigenvalue weighted by molar-refractivity contribution is 0.412. The van der Waals surface area contributed by atoms with Gasteiger partial charge in [0, 0.05) is 25.2 Å². The van der Waals surface area contributed by atoms with Crippen LogP contribution in [0.5, 0.6) is 5.75 Å². The molecule has 0 aliphatic carbocycles. The molecule has 4 aromatic rings. The summed E-state index contributed by atoms with van der Waals surface area (Å²) in [6.07, 6.45) is 0. The van der Waals surface area contributed by atoms with Crippen molar-refractivity contribution in [3.63, 3.8) is 0 Å². The fourth-order valence-corrected chi connectivity index (χ4v) is 3.95. The summed E-state index contributed by atoms with van der Waals surface area (Å²) in [6, 6.07) is 30.8. The number of pyridine rings is 1. The van der Waals surface area contributed by atoms with E-state index < -0.39 is 0 Å². The number of aryl methyl sites for hydroxylation is 1. The third-order valence-electron chi connectivity index (χ3n) is 5.76. The molecule has 0 spiro atoms. The molecule has 0 saturated heterocycles. The maximum absolute atomic E-state index is 9.91. The molecular weight excluding hydrogens is 406 g/mol. The Morgan fingerprint density at radius 2 is 1.45 bits per heavy atom. The third kappa shape index (κ3) is 5.79. The van der Waals surface area contributed by atoms with Crippen LogP contribution < -0.4 is 4.90 Å². The molecule has 168 valence electrons. The second-order valence-electron chi connectivity index (χ2n) is 8.67. The Hall–Kier alpha value is -3.63. The van der Waals surface area contributed by atoms with Crippen LogP contribution in [0.2, 0.25) is 0 Å². The maximum Gasteiger partial charge on any atom is 0.130 e. The molecule has 0 fully saturated rings. The summed E-state index contributed by atoms with van der Waals surface area (Å²) in [6.45, 7) is 4.59. The van der Waals surface area contributed by atoms with Crippen LogP contribution in [-0.4, -0.2) is 42.2 Å². The normalized spacial score (nSPS) is 11.0. The highest BCUT2D eigenvalue weighted by Crippen LogP contribution is 2.32. The summed E-state index contributed by atoms with van der Waals surface area (Å²) in [5.41, 5.74) is 6.48. The molecule has 1 N–H and O–H groups in total. The van der Waals surface area contributed by atoms with Gasteiger partial charge in [-0.2, -0.15) is 0 Å².